The third-order valence-corrected chi connectivity index (χ3v) is 12.4. The minimum Gasteiger partial charge on any atom is -0.756 e. The number of rotatable bonds is 46. The highest BCUT2D eigenvalue weighted by Gasteiger charge is 2.23. The molecule has 0 aromatic carbocycles. The maximum atomic E-state index is 12.8. The van der Waals surface area contributed by atoms with Crippen LogP contribution in [0.25, 0.3) is 0 Å². The quantitative estimate of drug-likeness (QED) is 0.0273. The lowest BCUT2D eigenvalue weighted by molar-refractivity contribution is -0.870. The number of hydrogen-bond acceptors (Lipinski definition) is 6. The molecule has 0 saturated carbocycles. The number of aliphatic hydroxyl groups is 1. The van der Waals surface area contributed by atoms with Gasteiger partial charge < -0.3 is 28.8 Å². The smallest absolute Gasteiger partial charge is 0.268 e. The van der Waals surface area contributed by atoms with Crippen LogP contribution < -0.4 is 10.2 Å². The SMILES string of the molecule is CCC/C=C\CCCCCCCC(=O)NC(COP(=O)([O-])OCC[N+](C)(C)C)C(O)/C=C/CCCCCCCCCCCCCCCCCCCCCCCCCCC. The average Bonchev–Trinajstić information content (AvgIpc) is 3.19. The summed E-state index contributed by atoms with van der Waals surface area (Å²) in [5.74, 6) is -0.208. The Bertz CT molecular complexity index is 1020. The molecule has 0 saturated heterocycles. The van der Waals surface area contributed by atoms with Gasteiger partial charge in [-0.05, 0) is 38.5 Å². The van der Waals surface area contributed by atoms with Crippen LogP contribution in [-0.2, 0) is 18.4 Å². The molecular weight excluding hydrogens is 756 g/mol. The van der Waals surface area contributed by atoms with Crippen molar-refractivity contribution < 1.29 is 32.9 Å². The molecule has 0 aliphatic heterocycles. The topological polar surface area (TPSA) is 108 Å². The normalized spacial score (nSPS) is 14.4. The van der Waals surface area contributed by atoms with Gasteiger partial charge in [0, 0.05) is 6.42 Å². The zero-order valence-corrected chi connectivity index (χ0v) is 40.6. The molecule has 3 unspecified atom stereocenters. The van der Waals surface area contributed by atoms with Gasteiger partial charge in [-0.3, -0.25) is 9.36 Å². The van der Waals surface area contributed by atoms with Crippen molar-refractivity contribution in [2.24, 2.45) is 0 Å². The first-order valence-corrected chi connectivity index (χ1v) is 26.7. The van der Waals surface area contributed by atoms with Crippen molar-refractivity contribution in [2.75, 3.05) is 40.9 Å². The summed E-state index contributed by atoms with van der Waals surface area (Å²) in [7, 11) is 1.26. The summed E-state index contributed by atoms with van der Waals surface area (Å²) in [5, 5.41) is 13.8. The lowest BCUT2D eigenvalue weighted by atomic mass is 10.0. The zero-order valence-electron chi connectivity index (χ0n) is 39.7. The highest BCUT2D eigenvalue weighted by Crippen LogP contribution is 2.38. The summed E-state index contributed by atoms with van der Waals surface area (Å²) < 4.78 is 23.2. The zero-order chi connectivity index (χ0) is 43.6. The summed E-state index contributed by atoms with van der Waals surface area (Å²) >= 11 is 0. The fourth-order valence-electron chi connectivity index (χ4n) is 7.39. The Kier molecular flexibility index (Phi) is 41.6. The van der Waals surface area contributed by atoms with Gasteiger partial charge in [0.05, 0.1) is 39.9 Å². The minimum atomic E-state index is -4.59. The largest absolute Gasteiger partial charge is 0.756 e. The molecule has 59 heavy (non-hydrogen) atoms. The molecule has 0 spiro atoms. The second-order valence-electron chi connectivity index (χ2n) is 18.5. The maximum absolute atomic E-state index is 12.8. The molecule has 0 aromatic rings. The highest BCUT2D eigenvalue weighted by molar-refractivity contribution is 7.45. The molecule has 350 valence electrons. The van der Waals surface area contributed by atoms with E-state index in [-0.39, 0.29) is 19.1 Å². The lowest BCUT2D eigenvalue weighted by Crippen LogP contribution is -2.45. The first kappa shape index (κ1) is 58.0. The van der Waals surface area contributed by atoms with E-state index in [1.165, 1.54) is 154 Å². The number of carbonyl (C=O) groups excluding carboxylic acids is 1. The van der Waals surface area contributed by atoms with Gasteiger partial charge in [0.2, 0.25) is 5.91 Å². The van der Waals surface area contributed by atoms with Gasteiger partial charge >= 0.3 is 0 Å². The molecule has 0 aliphatic rings. The fourth-order valence-corrected chi connectivity index (χ4v) is 8.11. The van der Waals surface area contributed by atoms with Crippen molar-refractivity contribution in [3.05, 3.63) is 24.3 Å². The minimum absolute atomic E-state index is 0.00159. The van der Waals surface area contributed by atoms with E-state index in [1.807, 2.05) is 27.2 Å². The van der Waals surface area contributed by atoms with Gasteiger partial charge in [-0.1, -0.05) is 218 Å². The van der Waals surface area contributed by atoms with Crippen LogP contribution >= 0.6 is 7.82 Å². The van der Waals surface area contributed by atoms with E-state index in [1.54, 1.807) is 6.08 Å². The highest BCUT2D eigenvalue weighted by atomic mass is 31.2. The van der Waals surface area contributed by atoms with Crippen LogP contribution in [0.2, 0.25) is 0 Å². The Morgan fingerprint density at radius 3 is 1.39 bits per heavy atom. The molecule has 0 aliphatic carbocycles. The number of quaternary nitrogens is 1. The standard InChI is InChI=1S/C50H99N2O6P/c1-6-8-10-12-14-16-18-19-20-21-22-23-24-25-26-27-28-29-30-31-32-33-34-35-37-39-41-43-49(53)48(47-58-59(55,56)57-46-45-52(3,4)5)51-50(54)44-42-40-38-36-17-15-13-11-9-7-2/h11,13,41,43,48-49,53H,6-10,12,14-40,42,44-47H2,1-5H3,(H-,51,54,55,56)/b13-11-,43-41+. The van der Waals surface area contributed by atoms with E-state index in [9.17, 15) is 19.4 Å². The molecular formula is C50H99N2O6P. The Labute approximate surface area is 366 Å². The molecule has 1 amide bonds. The summed E-state index contributed by atoms with van der Waals surface area (Å²) in [6.07, 6.45) is 51.1. The van der Waals surface area contributed by atoms with Crippen LogP contribution in [0.4, 0.5) is 0 Å². The van der Waals surface area contributed by atoms with Gasteiger partial charge in [0.1, 0.15) is 13.2 Å². The van der Waals surface area contributed by atoms with E-state index in [0.717, 1.165) is 64.2 Å². The molecule has 0 bridgehead atoms. The van der Waals surface area contributed by atoms with E-state index in [2.05, 4.69) is 31.3 Å². The number of nitrogens with one attached hydrogen (secondary N) is 1. The number of nitrogens with zero attached hydrogens (tertiary/aromatic N) is 1. The molecule has 0 fully saturated rings. The van der Waals surface area contributed by atoms with Crippen molar-refractivity contribution in [1.29, 1.82) is 0 Å². The van der Waals surface area contributed by atoms with Gasteiger partial charge in [-0.15, -0.1) is 0 Å². The summed E-state index contributed by atoms with van der Waals surface area (Å²) in [6.45, 7) is 4.59. The molecule has 0 rings (SSSR count). The van der Waals surface area contributed by atoms with Gasteiger partial charge in [0.25, 0.3) is 7.82 Å². The van der Waals surface area contributed by atoms with E-state index >= 15 is 0 Å². The van der Waals surface area contributed by atoms with Gasteiger partial charge in [-0.2, -0.15) is 0 Å². The van der Waals surface area contributed by atoms with E-state index < -0.39 is 20.0 Å². The summed E-state index contributed by atoms with van der Waals surface area (Å²) in [6, 6.07) is -0.887. The second-order valence-corrected chi connectivity index (χ2v) is 19.9. The molecule has 0 aromatic heterocycles. The van der Waals surface area contributed by atoms with Crippen LogP contribution in [-0.4, -0.2) is 68.5 Å². The molecule has 9 heteroatoms. The average molecular weight is 855 g/mol. The first-order valence-electron chi connectivity index (χ1n) is 25.2. The van der Waals surface area contributed by atoms with Crippen molar-refractivity contribution >= 4 is 13.7 Å². The van der Waals surface area contributed by atoms with Crippen LogP contribution in [0.1, 0.15) is 239 Å². The van der Waals surface area contributed by atoms with E-state index in [0.29, 0.717) is 17.4 Å². The Morgan fingerprint density at radius 2 is 0.966 bits per heavy atom. The van der Waals surface area contributed by atoms with Crippen molar-refractivity contribution in [3.8, 4) is 0 Å². The number of phosphoric ester groups is 1. The van der Waals surface area contributed by atoms with Crippen LogP contribution in [0.15, 0.2) is 24.3 Å². The first-order chi connectivity index (χ1) is 28.5. The van der Waals surface area contributed by atoms with Crippen LogP contribution in [0, 0.1) is 0 Å². The van der Waals surface area contributed by atoms with Crippen LogP contribution in [0.3, 0.4) is 0 Å². The molecule has 0 radical (unpaired) electrons. The van der Waals surface area contributed by atoms with Crippen molar-refractivity contribution in [3.63, 3.8) is 0 Å². The third-order valence-electron chi connectivity index (χ3n) is 11.4. The summed E-state index contributed by atoms with van der Waals surface area (Å²) in [4.78, 5) is 25.3. The number of unbranched alkanes of at least 4 members (excludes halogenated alkanes) is 31. The molecule has 3 atom stereocenters. The van der Waals surface area contributed by atoms with Gasteiger partial charge in [0.15, 0.2) is 0 Å². The van der Waals surface area contributed by atoms with E-state index in [4.69, 9.17) is 9.05 Å². The number of amides is 1. The number of hydrogen-bond donors (Lipinski definition) is 2. The van der Waals surface area contributed by atoms with Crippen molar-refractivity contribution in [2.45, 2.75) is 251 Å². The number of aliphatic hydroxyl groups excluding tert-OH is 1. The number of carbonyl (C=O) groups is 1. The third kappa shape index (κ3) is 44.8. The Hall–Kier alpha value is -1.02. The van der Waals surface area contributed by atoms with Crippen molar-refractivity contribution in [1.82, 2.24) is 5.32 Å². The maximum Gasteiger partial charge on any atom is 0.268 e. The Morgan fingerprint density at radius 1 is 0.576 bits per heavy atom. The monoisotopic (exact) mass is 855 g/mol. The lowest BCUT2D eigenvalue weighted by Gasteiger charge is -2.29. The Balaban J connectivity index is 4.13. The van der Waals surface area contributed by atoms with Gasteiger partial charge in [-0.25, -0.2) is 0 Å². The molecule has 0 heterocycles. The summed E-state index contributed by atoms with van der Waals surface area (Å²) in [5.41, 5.74) is 0. The number of phosphoric acid groups is 1. The number of allylic oxidation sites excluding steroid dienone is 3. The fraction of sp³-hybridized carbons (Fsp3) is 0.900. The number of likely N-dealkylation sites (N-methyl/N-ethyl adjacent to an activating group) is 1. The second kappa shape index (κ2) is 42.3. The molecule has 8 nitrogen and oxygen atoms in total. The predicted octanol–water partition coefficient (Wildman–Crippen LogP) is 13.8. The van der Waals surface area contributed by atoms with Crippen LogP contribution in [0.5, 0.6) is 0 Å². The molecule has 2 N–H and O–H groups in total. The predicted molar refractivity (Wildman–Crippen MR) is 252 cm³/mol.